The van der Waals surface area contributed by atoms with Crippen LogP contribution in [0.15, 0.2) is 42.5 Å². The van der Waals surface area contributed by atoms with Gasteiger partial charge in [-0.3, -0.25) is 19.7 Å². The molecule has 2 rings (SSSR count). The number of nitro benzene ring substituents is 1. The van der Waals surface area contributed by atoms with Crippen molar-refractivity contribution in [2.24, 2.45) is 0 Å². The summed E-state index contributed by atoms with van der Waals surface area (Å²) in [6, 6.07) is 8.68. The molecule has 142 valence electrons. The highest BCUT2D eigenvalue weighted by Crippen LogP contribution is 2.18. The van der Waals surface area contributed by atoms with Crippen LogP contribution in [0.2, 0.25) is 0 Å². The molecule has 0 spiro atoms. The lowest BCUT2D eigenvalue weighted by molar-refractivity contribution is -0.384. The second kappa shape index (κ2) is 8.84. The van der Waals surface area contributed by atoms with Crippen molar-refractivity contribution in [1.82, 2.24) is 4.90 Å². The average molecular weight is 377 g/mol. The SMILES string of the molecule is CCN(CC(=O)Nc1c(F)cccc1F)C(=O)Cc1ccc([N+](=O)[O-])cc1. The summed E-state index contributed by atoms with van der Waals surface area (Å²) in [5.41, 5.74) is -0.115. The number of non-ortho nitro benzene ring substituents is 1. The van der Waals surface area contributed by atoms with E-state index < -0.39 is 34.1 Å². The van der Waals surface area contributed by atoms with E-state index in [0.717, 1.165) is 12.1 Å². The smallest absolute Gasteiger partial charge is 0.269 e. The van der Waals surface area contributed by atoms with E-state index in [-0.39, 0.29) is 25.2 Å². The van der Waals surface area contributed by atoms with Gasteiger partial charge in [-0.25, -0.2) is 8.78 Å². The first kappa shape index (κ1) is 20.0. The maximum absolute atomic E-state index is 13.6. The van der Waals surface area contributed by atoms with E-state index >= 15 is 0 Å². The Kier molecular flexibility index (Phi) is 6.53. The van der Waals surface area contributed by atoms with Crippen molar-refractivity contribution in [1.29, 1.82) is 0 Å². The molecule has 0 aromatic heterocycles. The van der Waals surface area contributed by atoms with E-state index in [1.54, 1.807) is 6.92 Å². The summed E-state index contributed by atoms with van der Waals surface area (Å²) >= 11 is 0. The van der Waals surface area contributed by atoms with Crippen LogP contribution in [0.5, 0.6) is 0 Å². The monoisotopic (exact) mass is 377 g/mol. The molecule has 7 nitrogen and oxygen atoms in total. The molecule has 0 aliphatic heterocycles. The highest BCUT2D eigenvalue weighted by atomic mass is 19.1. The Hall–Kier alpha value is -3.36. The van der Waals surface area contributed by atoms with Crippen molar-refractivity contribution in [3.8, 4) is 0 Å². The quantitative estimate of drug-likeness (QED) is 0.593. The van der Waals surface area contributed by atoms with Crippen LogP contribution in [0.4, 0.5) is 20.2 Å². The van der Waals surface area contributed by atoms with E-state index in [0.29, 0.717) is 5.56 Å². The van der Waals surface area contributed by atoms with E-state index in [1.165, 1.54) is 35.2 Å². The van der Waals surface area contributed by atoms with Crippen LogP contribution in [0.1, 0.15) is 12.5 Å². The molecule has 0 atom stereocenters. The van der Waals surface area contributed by atoms with Crippen LogP contribution in [0.25, 0.3) is 0 Å². The number of halogens is 2. The number of nitrogens with one attached hydrogen (secondary N) is 1. The number of hydrogen-bond donors (Lipinski definition) is 1. The Morgan fingerprint density at radius 3 is 2.22 bits per heavy atom. The highest BCUT2D eigenvalue weighted by molar-refractivity contribution is 5.95. The number of benzene rings is 2. The highest BCUT2D eigenvalue weighted by Gasteiger charge is 2.18. The summed E-state index contributed by atoms with van der Waals surface area (Å²) in [6.45, 7) is 1.49. The van der Waals surface area contributed by atoms with Crippen molar-refractivity contribution in [2.45, 2.75) is 13.3 Å². The third kappa shape index (κ3) is 5.30. The number of carbonyl (C=O) groups excluding carboxylic acids is 2. The number of para-hydroxylation sites is 1. The fraction of sp³-hybridized carbons (Fsp3) is 0.222. The number of nitrogens with zero attached hydrogens (tertiary/aromatic N) is 2. The van der Waals surface area contributed by atoms with Gasteiger partial charge in [0, 0.05) is 18.7 Å². The topological polar surface area (TPSA) is 92.6 Å². The van der Waals surface area contributed by atoms with Crippen LogP contribution >= 0.6 is 0 Å². The van der Waals surface area contributed by atoms with E-state index in [1.807, 2.05) is 0 Å². The summed E-state index contributed by atoms with van der Waals surface area (Å²) in [4.78, 5) is 35.7. The van der Waals surface area contributed by atoms with Crippen molar-refractivity contribution in [3.63, 3.8) is 0 Å². The molecular formula is C18H17F2N3O4. The van der Waals surface area contributed by atoms with Gasteiger partial charge in [-0.15, -0.1) is 0 Å². The number of anilines is 1. The summed E-state index contributed by atoms with van der Waals surface area (Å²) in [6.07, 6.45) is -0.0623. The third-order valence-electron chi connectivity index (χ3n) is 3.80. The first-order chi connectivity index (χ1) is 12.8. The van der Waals surface area contributed by atoms with E-state index in [9.17, 15) is 28.5 Å². The van der Waals surface area contributed by atoms with Gasteiger partial charge < -0.3 is 10.2 Å². The van der Waals surface area contributed by atoms with Crippen molar-refractivity contribution in [3.05, 3.63) is 69.8 Å². The molecule has 1 N–H and O–H groups in total. The zero-order valence-electron chi connectivity index (χ0n) is 14.4. The zero-order valence-corrected chi connectivity index (χ0v) is 14.4. The lowest BCUT2D eigenvalue weighted by Crippen LogP contribution is -2.38. The van der Waals surface area contributed by atoms with E-state index in [2.05, 4.69) is 5.32 Å². The molecule has 0 heterocycles. The van der Waals surface area contributed by atoms with Crippen LogP contribution in [0, 0.1) is 21.7 Å². The summed E-state index contributed by atoms with van der Waals surface area (Å²) in [5.74, 6) is -2.96. The van der Waals surface area contributed by atoms with Crippen LogP contribution in [-0.2, 0) is 16.0 Å². The molecule has 27 heavy (non-hydrogen) atoms. The molecule has 2 aromatic rings. The number of rotatable bonds is 7. The Bertz CT molecular complexity index is 836. The Balaban J connectivity index is 2.00. The van der Waals surface area contributed by atoms with Gasteiger partial charge in [-0.05, 0) is 24.6 Å². The lowest BCUT2D eigenvalue weighted by atomic mass is 10.1. The fourth-order valence-corrected chi connectivity index (χ4v) is 2.37. The Morgan fingerprint density at radius 1 is 1.11 bits per heavy atom. The number of likely N-dealkylation sites (N-methyl/N-ethyl adjacent to an activating group) is 1. The molecule has 0 saturated heterocycles. The Morgan fingerprint density at radius 2 is 1.70 bits per heavy atom. The van der Waals surface area contributed by atoms with Gasteiger partial charge in [0.2, 0.25) is 11.8 Å². The second-order valence-corrected chi connectivity index (χ2v) is 5.65. The lowest BCUT2D eigenvalue weighted by Gasteiger charge is -2.20. The summed E-state index contributed by atoms with van der Waals surface area (Å²) in [7, 11) is 0. The number of amides is 2. The largest absolute Gasteiger partial charge is 0.333 e. The molecule has 0 aliphatic carbocycles. The van der Waals surface area contributed by atoms with Gasteiger partial charge in [-0.2, -0.15) is 0 Å². The summed E-state index contributed by atoms with van der Waals surface area (Å²) < 4.78 is 27.2. The summed E-state index contributed by atoms with van der Waals surface area (Å²) in [5, 5.41) is 12.8. The molecule has 0 aliphatic rings. The van der Waals surface area contributed by atoms with Crippen LogP contribution < -0.4 is 5.32 Å². The van der Waals surface area contributed by atoms with Crippen molar-refractivity contribution in [2.75, 3.05) is 18.4 Å². The molecule has 9 heteroatoms. The minimum Gasteiger partial charge on any atom is -0.333 e. The van der Waals surface area contributed by atoms with Crippen LogP contribution in [0.3, 0.4) is 0 Å². The maximum atomic E-state index is 13.6. The maximum Gasteiger partial charge on any atom is 0.269 e. The fourth-order valence-electron chi connectivity index (χ4n) is 2.37. The molecule has 0 fully saturated rings. The number of nitro groups is 1. The second-order valence-electron chi connectivity index (χ2n) is 5.65. The number of carbonyl (C=O) groups is 2. The predicted octanol–water partition coefficient (Wildman–Crippen LogP) is 2.90. The van der Waals surface area contributed by atoms with Crippen LogP contribution in [-0.4, -0.2) is 34.7 Å². The van der Waals surface area contributed by atoms with Gasteiger partial charge in [0.1, 0.15) is 17.3 Å². The molecule has 2 aromatic carbocycles. The van der Waals surface area contributed by atoms with Gasteiger partial charge in [0.15, 0.2) is 0 Å². The van der Waals surface area contributed by atoms with Gasteiger partial charge in [0.25, 0.3) is 5.69 Å². The molecular weight excluding hydrogens is 360 g/mol. The van der Waals surface area contributed by atoms with Crippen molar-refractivity contribution >= 4 is 23.2 Å². The molecule has 2 amide bonds. The predicted molar refractivity (Wildman–Crippen MR) is 94.0 cm³/mol. The van der Waals surface area contributed by atoms with Gasteiger partial charge in [0.05, 0.1) is 17.9 Å². The van der Waals surface area contributed by atoms with Crippen molar-refractivity contribution < 1.29 is 23.3 Å². The Labute approximate surface area is 153 Å². The molecule has 0 unspecified atom stereocenters. The third-order valence-corrected chi connectivity index (χ3v) is 3.80. The van der Waals surface area contributed by atoms with Gasteiger partial charge >= 0.3 is 0 Å². The minimum atomic E-state index is -0.913. The molecule has 0 radical (unpaired) electrons. The molecule has 0 saturated carbocycles. The number of hydrogen-bond acceptors (Lipinski definition) is 4. The first-order valence-electron chi connectivity index (χ1n) is 8.06. The average Bonchev–Trinajstić information content (AvgIpc) is 2.63. The standard InChI is InChI=1S/C18H17F2N3O4/c1-2-22(11-16(24)21-18-14(19)4-3-5-15(18)20)17(25)10-12-6-8-13(9-7-12)23(26)27/h3-9H,2,10-11H2,1H3,(H,21,24). The first-order valence-corrected chi connectivity index (χ1v) is 8.06. The molecule has 0 bridgehead atoms. The zero-order chi connectivity index (χ0) is 20.0. The normalized spacial score (nSPS) is 10.3. The minimum absolute atomic E-state index is 0.0623. The van der Waals surface area contributed by atoms with E-state index in [4.69, 9.17) is 0 Å². The van der Waals surface area contributed by atoms with Gasteiger partial charge in [-0.1, -0.05) is 18.2 Å².